The summed E-state index contributed by atoms with van der Waals surface area (Å²) in [7, 11) is 1.39. The number of aliphatic hydroxyl groups is 2. The lowest BCUT2D eigenvalue weighted by Gasteiger charge is -2.16. The van der Waals surface area contributed by atoms with Crippen molar-refractivity contribution in [2.75, 3.05) is 6.61 Å². The average molecular weight is 394 g/mol. The summed E-state index contributed by atoms with van der Waals surface area (Å²) in [5.74, 6) is 0. The molecule has 0 aromatic carbocycles. The second-order valence-corrected chi connectivity index (χ2v) is 5.27. The predicted molar refractivity (Wildman–Crippen MR) is 80.6 cm³/mol. The van der Waals surface area contributed by atoms with Gasteiger partial charge in [0.05, 0.1) is 18.3 Å². The second kappa shape index (κ2) is 6.20. The van der Waals surface area contributed by atoms with Gasteiger partial charge in [-0.15, -0.1) is 0 Å². The van der Waals surface area contributed by atoms with Gasteiger partial charge in [-0.2, -0.15) is 0 Å². The third-order valence-electron chi connectivity index (χ3n) is 3.27. The molecule has 1 saturated heterocycles. The van der Waals surface area contributed by atoms with Gasteiger partial charge in [0, 0.05) is 19.7 Å². The van der Waals surface area contributed by atoms with Crippen molar-refractivity contribution in [3.8, 4) is 0 Å². The van der Waals surface area contributed by atoms with E-state index in [0.29, 0.717) is 5.56 Å². The van der Waals surface area contributed by atoms with Gasteiger partial charge in [0.15, 0.2) is 0 Å². The molecule has 2 N–H and O–H groups in total. The lowest BCUT2D eigenvalue weighted by atomic mass is 10.2. The number of aromatic nitrogens is 2. The molecule has 1 fully saturated rings. The van der Waals surface area contributed by atoms with E-state index in [-0.39, 0.29) is 13.0 Å². The SMILES string of the molecule is Cn1c(=O)c(C=CI)cn([C@@H]2C[C@@H](O)[C@H](CO)O2)c1=O. The first kappa shape index (κ1) is 15.4. The minimum atomic E-state index is -0.835. The van der Waals surface area contributed by atoms with Crippen LogP contribution in [0.15, 0.2) is 19.9 Å². The summed E-state index contributed by atoms with van der Waals surface area (Å²) >= 11 is 1.98. The summed E-state index contributed by atoms with van der Waals surface area (Å²) in [5.41, 5.74) is -0.556. The second-order valence-electron chi connectivity index (χ2n) is 4.55. The minimum Gasteiger partial charge on any atom is -0.394 e. The molecule has 0 radical (unpaired) electrons. The summed E-state index contributed by atoms with van der Waals surface area (Å²) in [6.45, 7) is -0.321. The zero-order chi connectivity index (χ0) is 14.9. The summed E-state index contributed by atoms with van der Waals surface area (Å²) < 4.78 is 9.37. The quantitative estimate of drug-likeness (QED) is 0.681. The molecule has 0 unspecified atom stereocenters. The van der Waals surface area contributed by atoms with Gasteiger partial charge in [0.25, 0.3) is 5.56 Å². The molecule has 7 nitrogen and oxygen atoms in total. The molecule has 0 saturated carbocycles. The molecule has 1 aliphatic rings. The summed E-state index contributed by atoms with van der Waals surface area (Å²) in [6.07, 6.45) is 0.953. The van der Waals surface area contributed by atoms with E-state index in [9.17, 15) is 14.7 Å². The van der Waals surface area contributed by atoms with Gasteiger partial charge in [-0.05, 0) is 10.2 Å². The van der Waals surface area contributed by atoms with Gasteiger partial charge in [0.1, 0.15) is 12.3 Å². The van der Waals surface area contributed by atoms with E-state index in [1.165, 1.54) is 17.8 Å². The van der Waals surface area contributed by atoms with Crippen LogP contribution in [0.2, 0.25) is 0 Å². The molecule has 8 heteroatoms. The molecule has 0 amide bonds. The van der Waals surface area contributed by atoms with Gasteiger partial charge in [-0.3, -0.25) is 13.9 Å². The monoisotopic (exact) mass is 394 g/mol. The van der Waals surface area contributed by atoms with Gasteiger partial charge in [0.2, 0.25) is 0 Å². The maximum atomic E-state index is 12.1. The first-order valence-corrected chi connectivity index (χ1v) is 7.27. The Morgan fingerprint density at radius 2 is 2.25 bits per heavy atom. The van der Waals surface area contributed by atoms with Crippen molar-refractivity contribution in [3.63, 3.8) is 0 Å². The first-order chi connectivity index (χ1) is 9.49. The fraction of sp³-hybridized carbons (Fsp3) is 0.500. The molecule has 0 spiro atoms. The predicted octanol–water partition coefficient (Wildman–Crippen LogP) is -0.407. The van der Waals surface area contributed by atoms with Crippen molar-refractivity contribution in [1.82, 2.24) is 9.13 Å². The Bertz CT molecular complexity index is 636. The highest BCUT2D eigenvalue weighted by Gasteiger charge is 2.35. The summed E-state index contributed by atoms with van der Waals surface area (Å²) in [4.78, 5) is 24.0. The largest absolute Gasteiger partial charge is 0.394 e. The van der Waals surface area contributed by atoms with Crippen LogP contribution in [-0.4, -0.2) is 38.2 Å². The third kappa shape index (κ3) is 2.73. The fourth-order valence-electron chi connectivity index (χ4n) is 2.15. The molecule has 2 heterocycles. The summed E-state index contributed by atoms with van der Waals surface area (Å²) in [5, 5.41) is 18.8. The van der Waals surface area contributed by atoms with E-state index in [1.54, 1.807) is 10.2 Å². The maximum Gasteiger partial charge on any atom is 0.332 e. The Morgan fingerprint density at radius 1 is 1.55 bits per heavy atom. The number of halogens is 1. The Morgan fingerprint density at radius 3 is 2.80 bits per heavy atom. The normalized spacial score (nSPS) is 26.5. The van der Waals surface area contributed by atoms with E-state index < -0.39 is 29.7 Å². The molecular formula is C12H15IN2O5. The molecule has 0 aliphatic carbocycles. The number of nitrogens with zero attached hydrogens (tertiary/aromatic N) is 2. The van der Waals surface area contributed by atoms with Crippen LogP contribution in [0.5, 0.6) is 0 Å². The molecule has 1 aromatic rings. The van der Waals surface area contributed by atoms with Gasteiger partial charge in [-0.25, -0.2) is 4.79 Å². The number of aliphatic hydroxyl groups excluding tert-OH is 2. The number of rotatable bonds is 3. The van der Waals surface area contributed by atoms with E-state index >= 15 is 0 Å². The van der Waals surface area contributed by atoms with Crippen molar-refractivity contribution in [2.24, 2.45) is 7.05 Å². The van der Waals surface area contributed by atoms with Crippen LogP contribution in [0.4, 0.5) is 0 Å². The van der Waals surface area contributed by atoms with E-state index in [4.69, 9.17) is 9.84 Å². The fourth-order valence-corrected chi connectivity index (χ4v) is 2.54. The van der Waals surface area contributed by atoms with Crippen LogP contribution >= 0.6 is 22.6 Å². The van der Waals surface area contributed by atoms with Crippen LogP contribution in [0.25, 0.3) is 6.08 Å². The van der Waals surface area contributed by atoms with Crippen LogP contribution in [0, 0.1) is 0 Å². The van der Waals surface area contributed by atoms with E-state index in [0.717, 1.165) is 4.57 Å². The molecule has 2 rings (SSSR count). The molecule has 1 aromatic heterocycles. The molecule has 1 aliphatic heterocycles. The first-order valence-electron chi connectivity index (χ1n) is 6.03. The zero-order valence-electron chi connectivity index (χ0n) is 10.8. The molecule has 3 atom stereocenters. The van der Waals surface area contributed by atoms with Gasteiger partial charge >= 0.3 is 5.69 Å². The molecule has 0 bridgehead atoms. The maximum absolute atomic E-state index is 12.1. The van der Waals surface area contributed by atoms with Crippen molar-refractivity contribution in [1.29, 1.82) is 0 Å². The lowest BCUT2D eigenvalue weighted by molar-refractivity contribution is -0.0462. The summed E-state index contributed by atoms with van der Waals surface area (Å²) in [6, 6.07) is 0. The number of ether oxygens (including phenoxy) is 1. The number of hydrogen-bond donors (Lipinski definition) is 2. The highest BCUT2D eigenvalue weighted by atomic mass is 127. The smallest absolute Gasteiger partial charge is 0.332 e. The van der Waals surface area contributed by atoms with Crippen molar-refractivity contribution < 1.29 is 14.9 Å². The van der Waals surface area contributed by atoms with Gasteiger partial charge < -0.3 is 14.9 Å². The Hall–Kier alpha value is -0.970. The molecule has 110 valence electrons. The molecule has 20 heavy (non-hydrogen) atoms. The molecular weight excluding hydrogens is 379 g/mol. The van der Waals surface area contributed by atoms with Crippen LogP contribution in [0.3, 0.4) is 0 Å². The average Bonchev–Trinajstić information content (AvgIpc) is 2.80. The third-order valence-corrected chi connectivity index (χ3v) is 3.63. The Kier molecular flexibility index (Phi) is 4.78. The minimum absolute atomic E-state index is 0.191. The highest BCUT2D eigenvalue weighted by Crippen LogP contribution is 2.27. The zero-order valence-corrected chi connectivity index (χ0v) is 12.9. The topological polar surface area (TPSA) is 93.7 Å². The highest BCUT2D eigenvalue weighted by molar-refractivity contribution is 14.1. The Labute approximate surface area is 128 Å². The van der Waals surface area contributed by atoms with Crippen LogP contribution in [-0.2, 0) is 11.8 Å². The van der Waals surface area contributed by atoms with Crippen molar-refractivity contribution in [3.05, 3.63) is 36.7 Å². The Balaban J connectivity index is 2.48. The van der Waals surface area contributed by atoms with E-state index in [2.05, 4.69) is 0 Å². The number of hydrogen-bond acceptors (Lipinski definition) is 5. The van der Waals surface area contributed by atoms with Crippen LogP contribution in [0.1, 0.15) is 18.2 Å². The van der Waals surface area contributed by atoms with E-state index in [1.807, 2.05) is 22.6 Å². The van der Waals surface area contributed by atoms with Gasteiger partial charge in [-0.1, -0.05) is 22.6 Å². The van der Waals surface area contributed by atoms with Crippen LogP contribution < -0.4 is 11.2 Å². The van der Waals surface area contributed by atoms with Crippen molar-refractivity contribution >= 4 is 28.7 Å². The van der Waals surface area contributed by atoms with Crippen molar-refractivity contribution in [2.45, 2.75) is 24.9 Å². The standard InChI is InChI=1S/C12H15IN2O5/c1-14-11(18)7(2-3-13)5-15(12(14)19)10-4-8(17)9(6-16)20-10/h2-3,5,8-10,16-17H,4,6H2,1H3/t8-,9+,10+/m1/s1. The lowest BCUT2D eigenvalue weighted by Crippen LogP contribution is -2.40.